The van der Waals surface area contributed by atoms with Crippen LogP contribution in [0.15, 0.2) is 53.7 Å². The molecule has 2 heterocycles. The van der Waals surface area contributed by atoms with Gasteiger partial charge in [-0.2, -0.15) is 0 Å². The average molecular weight is 333 g/mol. The van der Waals surface area contributed by atoms with Crippen LogP contribution in [0.5, 0.6) is 0 Å². The number of pyridine rings is 1. The molecule has 24 heavy (non-hydrogen) atoms. The van der Waals surface area contributed by atoms with Gasteiger partial charge in [0.1, 0.15) is 8.07 Å². The Morgan fingerprint density at radius 3 is 2.54 bits per heavy atom. The summed E-state index contributed by atoms with van der Waals surface area (Å²) in [5, 5.41) is 2.94. The van der Waals surface area contributed by atoms with Gasteiger partial charge >= 0.3 is 0 Å². The van der Waals surface area contributed by atoms with E-state index >= 15 is 0 Å². The minimum absolute atomic E-state index is 0.195. The maximum Gasteiger partial charge on any atom is 0.261 e. The van der Waals surface area contributed by atoms with Crippen molar-refractivity contribution in [2.75, 3.05) is 5.32 Å². The summed E-state index contributed by atoms with van der Waals surface area (Å²) in [6.07, 6.45) is 1.73. The molecule has 1 amide bonds. The van der Waals surface area contributed by atoms with Gasteiger partial charge in [0.05, 0.1) is 17.1 Å². The Morgan fingerprint density at radius 2 is 1.83 bits per heavy atom. The number of anilines is 1. The van der Waals surface area contributed by atoms with Crippen molar-refractivity contribution in [2.24, 2.45) is 4.99 Å². The number of carbonyl (C=O) groups excluding carboxylic acids is 1. The van der Waals surface area contributed by atoms with Crippen LogP contribution in [0.2, 0.25) is 19.6 Å². The molecule has 1 aliphatic rings. The zero-order valence-corrected chi connectivity index (χ0v) is 15.0. The summed E-state index contributed by atoms with van der Waals surface area (Å²) in [4.78, 5) is 21.6. The first-order chi connectivity index (χ1) is 11.4. The van der Waals surface area contributed by atoms with E-state index in [4.69, 9.17) is 0 Å². The fourth-order valence-electron chi connectivity index (χ4n) is 2.35. The number of benzene rings is 1. The van der Waals surface area contributed by atoms with E-state index in [0.717, 1.165) is 16.9 Å². The van der Waals surface area contributed by atoms with Crippen molar-refractivity contribution in [2.45, 2.75) is 25.7 Å². The Kier molecular flexibility index (Phi) is 4.32. The maximum absolute atomic E-state index is 12.5. The van der Waals surface area contributed by atoms with Gasteiger partial charge in [0.2, 0.25) is 0 Å². The van der Waals surface area contributed by atoms with Crippen LogP contribution in [-0.4, -0.2) is 30.7 Å². The Labute approximate surface area is 143 Å². The first kappa shape index (κ1) is 16.2. The summed E-state index contributed by atoms with van der Waals surface area (Å²) in [7, 11) is -1.59. The van der Waals surface area contributed by atoms with Crippen molar-refractivity contribution in [3.8, 4) is 11.5 Å². The largest absolute Gasteiger partial charge is 0.323 e. The maximum atomic E-state index is 12.5. The highest BCUT2D eigenvalue weighted by Gasteiger charge is 2.25. The van der Waals surface area contributed by atoms with Gasteiger partial charge in [0, 0.05) is 11.8 Å². The molecular formula is C19H19N3OSi. The lowest BCUT2D eigenvalue weighted by molar-refractivity contribution is -0.116. The number of nitrogens with one attached hydrogen (secondary N) is 1. The van der Waals surface area contributed by atoms with Gasteiger partial charge in [-0.15, -0.1) is 5.54 Å². The Hall–Kier alpha value is -2.71. The molecule has 1 N–H and O–H groups in total. The van der Waals surface area contributed by atoms with Crippen molar-refractivity contribution in [3.05, 3.63) is 59.9 Å². The lowest BCUT2D eigenvalue weighted by Gasteiger charge is -2.08. The number of benzodiazepines with no additional fused rings is 1. The number of aromatic nitrogens is 1. The summed E-state index contributed by atoms with van der Waals surface area (Å²) in [6, 6.07) is 12.6. The molecular weight excluding hydrogens is 314 g/mol. The number of amides is 1. The summed E-state index contributed by atoms with van der Waals surface area (Å²) >= 11 is 0. The molecule has 1 aliphatic heterocycles. The fraction of sp³-hybridized carbons (Fsp3) is 0.211. The van der Waals surface area contributed by atoms with Crippen LogP contribution in [0.3, 0.4) is 0 Å². The molecule has 0 saturated heterocycles. The Balaban J connectivity index is 2.15. The minimum Gasteiger partial charge on any atom is -0.323 e. The monoisotopic (exact) mass is 333 g/mol. The topological polar surface area (TPSA) is 54.4 Å². The molecule has 1 unspecified atom stereocenters. The third-order valence-corrected chi connectivity index (χ3v) is 4.33. The average Bonchev–Trinajstić information content (AvgIpc) is 2.69. The van der Waals surface area contributed by atoms with Gasteiger partial charge in [-0.05, 0) is 18.2 Å². The molecule has 3 rings (SSSR count). The van der Waals surface area contributed by atoms with E-state index in [-0.39, 0.29) is 5.91 Å². The highest BCUT2D eigenvalue weighted by atomic mass is 28.3. The standard InChI is InChI=1S/C19H19N3OSi/c1-24(2,3)13-11-17-19(23)22-15-9-5-4-8-14(15)18(21-17)16-10-6-7-12-20-16/h4-10,12,17H,1-3H3,(H,22,23). The molecule has 1 aromatic carbocycles. The number of hydrogen-bond donors (Lipinski definition) is 1. The van der Waals surface area contributed by atoms with E-state index in [1.165, 1.54) is 0 Å². The lowest BCUT2D eigenvalue weighted by atomic mass is 10.0. The predicted molar refractivity (Wildman–Crippen MR) is 99.9 cm³/mol. The molecule has 0 bridgehead atoms. The molecule has 1 atom stereocenters. The highest BCUT2D eigenvalue weighted by molar-refractivity contribution is 6.83. The second kappa shape index (κ2) is 6.42. The molecule has 1 aromatic heterocycles. The third kappa shape index (κ3) is 3.61. The van der Waals surface area contributed by atoms with Gasteiger partial charge in [-0.25, -0.2) is 0 Å². The van der Waals surface area contributed by atoms with Crippen LogP contribution in [0.1, 0.15) is 11.3 Å². The Bertz CT molecular complexity index is 857. The van der Waals surface area contributed by atoms with E-state index in [1.54, 1.807) is 6.20 Å². The number of para-hydroxylation sites is 1. The highest BCUT2D eigenvalue weighted by Crippen LogP contribution is 2.23. The quantitative estimate of drug-likeness (QED) is 0.644. The zero-order valence-electron chi connectivity index (χ0n) is 14.0. The summed E-state index contributed by atoms with van der Waals surface area (Å²) in [6.45, 7) is 6.44. The molecule has 0 spiro atoms. The van der Waals surface area contributed by atoms with Crippen molar-refractivity contribution >= 4 is 25.4 Å². The van der Waals surface area contributed by atoms with Crippen molar-refractivity contribution in [1.82, 2.24) is 4.98 Å². The second-order valence-electron chi connectivity index (χ2n) is 6.65. The smallest absolute Gasteiger partial charge is 0.261 e. The van der Waals surface area contributed by atoms with Gasteiger partial charge in [0.25, 0.3) is 5.91 Å². The van der Waals surface area contributed by atoms with E-state index < -0.39 is 14.1 Å². The Morgan fingerprint density at radius 1 is 1.08 bits per heavy atom. The van der Waals surface area contributed by atoms with Crippen LogP contribution >= 0.6 is 0 Å². The minimum atomic E-state index is -1.59. The summed E-state index contributed by atoms with van der Waals surface area (Å²) in [5.41, 5.74) is 6.28. The second-order valence-corrected chi connectivity index (χ2v) is 11.4. The lowest BCUT2D eigenvalue weighted by Crippen LogP contribution is -2.26. The van der Waals surface area contributed by atoms with Crippen molar-refractivity contribution < 1.29 is 4.79 Å². The first-order valence-electron chi connectivity index (χ1n) is 7.86. The third-order valence-electron chi connectivity index (χ3n) is 3.44. The molecule has 0 aliphatic carbocycles. The van der Waals surface area contributed by atoms with Crippen molar-refractivity contribution in [1.29, 1.82) is 0 Å². The number of nitrogens with zero attached hydrogens (tertiary/aromatic N) is 2. The fourth-order valence-corrected chi connectivity index (χ4v) is 2.92. The van der Waals surface area contributed by atoms with Crippen molar-refractivity contribution in [3.63, 3.8) is 0 Å². The number of rotatable bonds is 1. The molecule has 120 valence electrons. The van der Waals surface area contributed by atoms with E-state index in [2.05, 4.69) is 46.4 Å². The van der Waals surface area contributed by atoms with E-state index in [9.17, 15) is 4.79 Å². The van der Waals surface area contributed by atoms with Gasteiger partial charge in [-0.3, -0.25) is 14.8 Å². The number of carbonyl (C=O) groups is 1. The summed E-state index contributed by atoms with van der Waals surface area (Å²) < 4.78 is 0. The van der Waals surface area contributed by atoms with E-state index in [1.807, 2.05) is 42.5 Å². The molecule has 4 nitrogen and oxygen atoms in total. The van der Waals surface area contributed by atoms with Gasteiger partial charge < -0.3 is 5.32 Å². The van der Waals surface area contributed by atoms with Gasteiger partial charge in [0.15, 0.2) is 6.04 Å². The molecule has 5 heteroatoms. The predicted octanol–water partition coefficient (Wildman–Crippen LogP) is 3.12. The number of fused-ring (bicyclic) bond motifs is 1. The molecule has 2 aromatic rings. The summed E-state index contributed by atoms with van der Waals surface area (Å²) in [5.74, 6) is 2.88. The molecule has 0 fully saturated rings. The van der Waals surface area contributed by atoms with Crippen LogP contribution in [0.4, 0.5) is 5.69 Å². The van der Waals surface area contributed by atoms with Crippen LogP contribution in [0, 0.1) is 11.5 Å². The van der Waals surface area contributed by atoms with Crippen LogP contribution in [-0.2, 0) is 4.79 Å². The normalized spacial score (nSPS) is 16.9. The first-order valence-corrected chi connectivity index (χ1v) is 11.4. The van der Waals surface area contributed by atoms with Gasteiger partial charge in [-0.1, -0.05) is 49.8 Å². The van der Waals surface area contributed by atoms with Crippen LogP contribution in [0.25, 0.3) is 0 Å². The number of hydrogen-bond acceptors (Lipinski definition) is 3. The zero-order chi connectivity index (χ0) is 17.2. The van der Waals surface area contributed by atoms with E-state index in [0.29, 0.717) is 5.71 Å². The molecule has 0 radical (unpaired) electrons. The SMILES string of the molecule is C[Si](C)(C)C#CC1N=C(c2ccccn2)c2ccccc2NC1=O. The van der Waals surface area contributed by atoms with Crippen LogP contribution < -0.4 is 5.32 Å². The number of aliphatic imine (C=N–C) groups is 1. The molecule has 0 saturated carbocycles.